The van der Waals surface area contributed by atoms with E-state index in [0.717, 1.165) is 28.7 Å². The number of aromatic carboxylic acids is 1. The molecule has 3 aromatic rings. The van der Waals surface area contributed by atoms with E-state index in [1.165, 1.54) is 5.56 Å². The zero-order valence-corrected chi connectivity index (χ0v) is 18.0. The lowest BCUT2D eigenvalue weighted by Crippen LogP contribution is -2.32. The van der Waals surface area contributed by atoms with E-state index in [9.17, 15) is 9.90 Å². The fourth-order valence-corrected chi connectivity index (χ4v) is 3.47. The molecule has 0 aromatic heterocycles. The van der Waals surface area contributed by atoms with Crippen LogP contribution in [0.5, 0.6) is 0 Å². The van der Waals surface area contributed by atoms with Crippen LogP contribution in [0, 0.1) is 6.92 Å². The van der Waals surface area contributed by atoms with Crippen LogP contribution in [-0.2, 0) is 6.42 Å². The van der Waals surface area contributed by atoms with Crippen LogP contribution in [0.2, 0.25) is 0 Å². The topological polar surface area (TPSA) is 69.6 Å². The van der Waals surface area contributed by atoms with Gasteiger partial charge in [-0.1, -0.05) is 60.7 Å². The number of aryl methyl sites for hydroxylation is 1. The lowest BCUT2D eigenvalue weighted by Gasteiger charge is -2.18. The quantitative estimate of drug-likeness (QED) is 0.473. The summed E-state index contributed by atoms with van der Waals surface area (Å²) in [5.41, 5.74) is 5.49. The highest BCUT2D eigenvalue weighted by Crippen LogP contribution is 2.25. The largest absolute Gasteiger partial charge is 0.478 e. The number of rotatable bonds is 8. The van der Waals surface area contributed by atoms with E-state index in [1.807, 2.05) is 43.3 Å². The van der Waals surface area contributed by atoms with Gasteiger partial charge in [-0.2, -0.15) is 0 Å². The first-order valence-corrected chi connectivity index (χ1v) is 9.83. The van der Waals surface area contributed by atoms with Crippen LogP contribution < -0.4 is 5.32 Å². The molecule has 158 valence electrons. The molecular formula is C25H28ClNO3. The van der Waals surface area contributed by atoms with Crippen molar-refractivity contribution in [3.8, 4) is 11.1 Å². The van der Waals surface area contributed by atoms with Gasteiger partial charge in [-0.05, 0) is 60.2 Å². The molecule has 0 saturated heterocycles. The van der Waals surface area contributed by atoms with Crippen molar-refractivity contribution < 1.29 is 15.0 Å². The van der Waals surface area contributed by atoms with Crippen LogP contribution in [0.3, 0.4) is 0 Å². The van der Waals surface area contributed by atoms with Crippen LogP contribution in [0.25, 0.3) is 11.1 Å². The number of halogens is 1. The summed E-state index contributed by atoms with van der Waals surface area (Å²) in [6, 6.07) is 23.5. The fourth-order valence-electron chi connectivity index (χ4n) is 3.47. The third kappa shape index (κ3) is 6.17. The number of carboxylic acid groups (broad SMARTS) is 1. The second-order valence-corrected chi connectivity index (χ2v) is 7.47. The van der Waals surface area contributed by atoms with Crippen molar-refractivity contribution in [2.45, 2.75) is 32.4 Å². The Kier molecular flexibility index (Phi) is 8.60. The molecule has 0 aliphatic heterocycles. The highest BCUT2D eigenvalue weighted by Gasteiger charge is 2.11. The molecule has 0 saturated carbocycles. The average Bonchev–Trinajstić information content (AvgIpc) is 2.73. The van der Waals surface area contributed by atoms with Gasteiger partial charge in [0.1, 0.15) is 0 Å². The first-order valence-electron chi connectivity index (χ1n) is 9.83. The Hall–Kier alpha value is -2.66. The molecule has 3 N–H and O–H groups in total. The van der Waals surface area contributed by atoms with E-state index in [1.54, 1.807) is 12.1 Å². The average molecular weight is 426 g/mol. The van der Waals surface area contributed by atoms with Crippen molar-refractivity contribution in [3.63, 3.8) is 0 Å². The third-order valence-electron chi connectivity index (χ3n) is 5.12. The maximum absolute atomic E-state index is 11.1. The van der Waals surface area contributed by atoms with Crippen LogP contribution in [0.15, 0.2) is 72.8 Å². The Labute approximate surface area is 184 Å². The third-order valence-corrected chi connectivity index (χ3v) is 5.12. The predicted octanol–water partition coefficient (Wildman–Crippen LogP) is 5.04. The number of carboxylic acids is 1. The van der Waals surface area contributed by atoms with Gasteiger partial charge >= 0.3 is 5.97 Å². The van der Waals surface area contributed by atoms with Gasteiger partial charge in [0.25, 0.3) is 0 Å². The smallest absolute Gasteiger partial charge is 0.335 e. The molecule has 0 fully saturated rings. The number of aliphatic hydroxyl groups is 1. The zero-order chi connectivity index (χ0) is 20.8. The second-order valence-electron chi connectivity index (χ2n) is 7.47. The van der Waals surface area contributed by atoms with Gasteiger partial charge in [-0.25, -0.2) is 4.79 Å². The Morgan fingerprint density at radius 2 is 1.67 bits per heavy atom. The van der Waals surface area contributed by atoms with Gasteiger partial charge in [0.05, 0.1) is 11.7 Å². The first kappa shape index (κ1) is 23.6. The Bertz CT molecular complexity index is 958. The zero-order valence-electron chi connectivity index (χ0n) is 17.2. The minimum absolute atomic E-state index is 0. The minimum atomic E-state index is -0.908. The summed E-state index contributed by atoms with van der Waals surface area (Å²) in [6.45, 7) is 4.55. The molecule has 0 unspecified atom stereocenters. The second kappa shape index (κ2) is 10.9. The summed E-state index contributed by atoms with van der Waals surface area (Å²) in [4.78, 5) is 11.1. The summed E-state index contributed by atoms with van der Waals surface area (Å²) in [5.74, 6) is -0.908. The van der Waals surface area contributed by atoms with Crippen molar-refractivity contribution in [2.75, 3.05) is 6.54 Å². The number of hydrogen-bond acceptors (Lipinski definition) is 3. The van der Waals surface area contributed by atoms with E-state index in [4.69, 9.17) is 5.11 Å². The van der Waals surface area contributed by atoms with E-state index in [2.05, 4.69) is 36.5 Å². The highest BCUT2D eigenvalue weighted by atomic mass is 35.5. The number of benzene rings is 3. The maximum Gasteiger partial charge on any atom is 0.335 e. The van der Waals surface area contributed by atoms with Crippen LogP contribution in [0.4, 0.5) is 0 Å². The number of aliphatic hydroxyl groups excluding tert-OH is 1. The summed E-state index contributed by atoms with van der Waals surface area (Å²) in [6.07, 6.45) is 0.344. The molecular weight excluding hydrogens is 398 g/mol. The van der Waals surface area contributed by atoms with Gasteiger partial charge in [-0.3, -0.25) is 0 Å². The van der Waals surface area contributed by atoms with Gasteiger partial charge in [-0.15, -0.1) is 12.4 Å². The Balaban J connectivity index is 0.00000320. The van der Waals surface area contributed by atoms with E-state index in [-0.39, 0.29) is 18.4 Å². The summed E-state index contributed by atoms with van der Waals surface area (Å²) >= 11 is 0. The molecule has 0 spiro atoms. The molecule has 0 aliphatic carbocycles. The number of nitrogens with one attached hydrogen (secondary N) is 1. The molecule has 0 amide bonds. The summed E-state index contributed by atoms with van der Waals surface area (Å²) in [5, 5.41) is 22.8. The number of hydrogen-bond donors (Lipinski definition) is 3. The molecule has 0 bridgehead atoms. The normalized spacial score (nSPS) is 12.6. The predicted molar refractivity (Wildman–Crippen MR) is 123 cm³/mol. The van der Waals surface area contributed by atoms with Crippen molar-refractivity contribution in [1.29, 1.82) is 0 Å². The maximum atomic E-state index is 11.1. The van der Waals surface area contributed by atoms with Crippen LogP contribution in [0.1, 0.15) is 40.1 Å². The summed E-state index contributed by atoms with van der Waals surface area (Å²) in [7, 11) is 0. The molecule has 3 aromatic carbocycles. The van der Waals surface area contributed by atoms with Gasteiger partial charge in [0.2, 0.25) is 0 Å². The van der Waals surface area contributed by atoms with Crippen LogP contribution in [-0.4, -0.2) is 28.8 Å². The van der Waals surface area contributed by atoms with Crippen molar-refractivity contribution in [3.05, 3.63) is 95.1 Å². The first-order chi connectivity index (χ1) is 13.9. The van der Waals surface area contributed by atoms with Gasteiger partial charge < -0.3 is 15.5 Å². The summed E-state index contributed by atoms with van der Waals surface area (Å²) < 4.78 is 0. The Morgan fingerprint density at radius 3 is 2.27 bits per heavy atom. The SMILES string of the molecule is Cc1cc(C(=O)O)ccc1-c1ccc(C[C@@H](C)NC[C@H](O)c2ccccc2)cc1.Cl. The molecule has 2 atom stereocenters. The molecule has 0 heterocycles. The molecule has 0 radical (unpaired) electrons. The van der Waals surface area contributed by atoms with Gasteiger partial charge in [0.15, 0.2) is 0 Å². The van der Waals surface area contributed by atoms with Crippen molar-refractivity contribution >= 4 is 18.4 Å². The molecule has 5 heteroatoms. The van der Waals surface area contributed by atoms with E-state index < -0.39 is 12.1 Å². The van der Waals surface area contributed by atoms with E-state index >= 15 is 0 Å². The lowest BCUT2D eigenvalue weighted by molar-refractivity contribution is 0.0697. The standard InChI is InChI=1S/C25H27NO3.ClH/c1-17-14-22(25(28)29)12-13-23(17)20-10-8-19(9-11-20)15-18(2)26-16-24(27)21-6-4-3-5-7-21;/h3-14,18,24,26-27H,15-16H2,1-2H3,(H,28,29);1H/t18-,24+;/m1./s1. The van der Waals surface area contributed by atoms with Gasteiger partial charge in [0, 0.05) is 12.6 Å². The molecule has 0 aliphatic rings. The number of carbonyl (C=O) groups is 1. The molecule has 4 nitrogen and oxygen atoms in total. The van der Waals surface area contributed by atoms with E-state index in [0.29, 0.717) is 12.1 Å². The van der Waals surface area contributed by atoms with Crippen molar-refractivity contribution in [1.82, 2.24) is 5.32 Å². The fraction of sp³-hybridized carbons (Fsp3) is 0.240. The molecule has 30 heavy (non-hydrogen) atoms. The monoisotopic (exact) mass is 425 g/mol. The molecule has 3 rings (SSSR count). The Morgan fingerprint density at radius 1 is 1.00 bits per heavy atom. The lowest BCUT2D eigenvalue weighted by atomic mass is 9.96. The van der Waals surface area contributed by atoms with Crippen molar-refractivity contribution in [2.24, 2.45) is 0 Å². The highest BCUT2D eigenvalue weighted by molar-refractivity contribution is 5.89. The minimum Gasteiger partial charge on any atom is -0.478 e. The van der Waals surface area contributed by atoms with Crippen LogP contribution >= 0.6 is 12.4 Å².